The van der Waals surface area contributed by atoms with Crippen molar-refractivity contribution in [1.29, 1.82) is 0 Å². The van der Waals surface area contributed by atoms with Crippen LogP contribution in [-0.4, -0.2) is 28.6 Å². The summed E-state index contributed by atoms with van der Waals surface area (Å²) in [6, 6.07) is 8.95. The number of benzene rings is 2. The first-order chi connectivity index (χ1) is 14.7. The van der Waals surface area contributed by atoms with E-state index in [1.165, 1.54) is 11.0 Å². The third-order valence-corrected chi connectivity index (χ3v) is 5.00. The zero-order valence-electron chi connectivity index (χ0n) is 17.7. The number of aryl methyl sites for hydroxylation is 2. The van der Waals surface area contributed by atoms with Gasteiger partial charge < -0.3 is 9.84 Å². The van der Waals surface area contributed by atoms with Crippen LogP contribution in [0.2, 0.25) is 0 Å². The topological polar surface area (TPSA) is 78.9 Å². The molecule has 0 saturated carbocycles. The fraction of sp³-hybridized carbons (Fsp3) is 0.208. The Balaban J connectivity index is 2.08. The summed E-state index contributed by atoms with van der Waals surface area (Å²) >= 11 is 5.28. The summed E-state index contributed by atoms with van der Waals surface area (Å²) in [6.07, 6.45) is 3.53. The van der Waals surface area contributed by atoms with Crippen LogP contribution in [0.5, 0.6) is 11.5 Å². The minimum absolute atomic E-state index is 0.0152. The quantitative estimate of drug-likeness (QED) is 0.310. The number of phenolic OH excluding ortho intramolecular Hbond substituents is 1. The Morgan fingerprint density at radius 3 is 2.45 bits per heavy atom. The van der Waals surface area contributed by atoms with Gasteiger partial charge in [0.15, 0.2) is 16.6 Å². The summed E-state index contributed by atoms with van der Waals surface area (Å²) < 4.78 is 5.51. The average Bonchev–Trinajstić information content (AvgIpc) is 2.68. The van der Waals surface area contributed by atoms with E-state index in [0.717, 1.165) is 11.1 Å². The number of thiocarbonyl (C=S) groups is 1. The molecule has 3 rings (SSSR count). The molecule has 2 aromatic carbocycles. The molecule has 0 spiro atoms. The summed E-state index contributed by atoms with van der Waals surface area (Å²) in [4.78, 5) is 27.2. The SMILES string of the molecule is C=CCc1cc(C=C2C(=O)NC(=S)N(c3cc(C)cc(C)c3)C2=O)cc(OCC)c1O. The van der Waals surface area contributed by atoms with Crippen molar-refractivity contribution >= 4 is 40.9 Å². The van der Waals surface area contributed by atoms with E-state index in [4.69, 9.17) is 17.0 Å². The molecule has 0 radical (unpaired) electrons. The highest BCUT2D eigenvalue weighted by Gasteiger charge is 2.34. The van der Waals surface area contributed by atoms with E-state index >= 15 is 0 Å². The van der Waals surface area contributed by atoms with E-state index in [-0.39, 0.29) is 22.2 Å². The highest BCUT2D eigenvalue weighted by atomic mass is 32.1. The van der Waals surface area contributed by atoms with Crippen LogP contribution in [0.1, 0.15) is 29.2 Å². The van der Waals surface area contributed by atoms with Gasteiger partial charge in [-0.15, -0.1) is 6.58 Å². The second kappa shape index (κ2) is 9.14. The van der Waals surface area contributed by atoms with Crippen molar-refractivity contribution in [2.75, 3.05) is 11.5 Å². The normalized spacial score (nSPS) is 15.3. The monoisotopic (exact) mass is 436 g/mol. The number of carbonyl (C=O) groups is 2. The van der Waals surface area contributed by atoms with Crippen LogP contribution < -0.4 is 15.0 Å². The van der Waals surface area contributed by atoms with Gasteiger partial charge in [0.1, 0.15) is 5.57 Å². The van der Waals surface area contributed by atoms with Crippen molar-refractivity contribution in [1.82, 2.24) is 5.32 Å². The lowest BCUT2D eigenvalue weighted by Gasteiger charge is -2.29. The van der Waals surface area contributed by atoms with Crippen molar-refractivity contribution in [2.45, 2.75) is 27.2 Å². The van der Waals surface area contributed by atoms with E-state index in [0.29, 0.717) is 29.8 Å². The Morgan fingerprint density at radius 1 is 1.16 bits per heavy atom. The van der Waals surface area contributed by atoms with Crippen LogP contribution in [0, 0.1) is 13.8 Å². The second-order valence-corrected chi connectivity index (χ2v) is 7.64. The molecule has 0 aromatic heterocycles. The van der Waals surface area contributed by atoms with Crippen molar-refractivity contribution in [3.05, 3.63) is 70.8 Å². The van der Waals surface area contributed by atoms with Crippen LogP contribution in [0.3, 0.4) is 0 Å². The number of carbonyl (C=O) groups excluding carboxylic acids is 2. The molecule has 7 heteroatoms. The third kappa shape index (κ3) is 4.67. The number of anilines is 1. The largest absolute Gasteiger partial charge is 0.504 e. The number of allylic oxidation sites excluding steroid dienone is 1. The van der Waals surface area contributed by atoms with Gasteiger partial charge >= 0.3 is 0 Å². The molecule has 0 unspecified atom stereocenters. The Kier molecular flexibility index (Phi) is 6.56. The number of ether oxygens (including phenoxy) is 1. The fourth-order valence-electron chi connectivity index (χ4n) is 3.49. The Bertz CT molecular complexity index is 1100. The van der Waals surface area contributed by atoms with E-state index in [2.05, 4.69) is 11.9 Å². The number of hydrogen-bond donors (Lipinski definition) is 2. The van der Waals surface area contributed by atoms with Crippen molar-refractivity contribution in [3.8, 4) is 11.5 Å². The summed E-state index contributed by atoms with van der Waals surface area (Å²) in [7, 11) is 0. The molecule has 0 aliphatic carbocycles. The predicted octanol–water partition coefficient (Wildman–Crippen LogP) is 3.97. The smallest absolute Gasteiger partial charge is 0.270 e. The molecule has 1 saturated heterocycles. The molecule has 1 aliphatic rings. The molecule has 2 aromatic rings. The van der Waals surface area contributed by atoms with Gasteiger partial charge in [0.2, 0.25) is 0 Å². The lowest BCUT2D eigenvalue weighted by molar-refractivity contribution is -0.122. The van der Waals surface area contributed by atoms with Crippen molar-refractivity contribution in [3.63, 3.8) is 0 Å². The molecule has 0 bridgehead atoms. The molecule has 31 heavy (non-hydrogen) atoms. The number of amides is 2. The first-order valence-corrected chi connectivity index (χ1v) is 10.2. The summed E-state index contributed by atoms with van der Waals surface area (Å²) in [5.41, 5.74) is 3.60. The first-order valence-electron chi connectivity index (χ1n) is 9.84. The molecular formula is C24H24N2O4S. The van der Waals surface area contributed by atoms with Crippen LogP contribution >= 0.6 is 12.2 Å². The molecule has 160 valence electrons. The molecule has 0 atom stereocenters. The summed E-state index contributed by atoms with van der Waals surface area (Å²) in [5, 5.41) is 13.0. The minimum Gasteiger partial charge on any atom is -0.504 e. The molecule has 2 amide bonds. The molecular weight excluding hydrogens is 412 g/mol. The van der Waals surface area contributed by atoms with Gasteiger partial charge in [-0.25, -0.2) is 0 Å². The number of phenols is 1. The van der Waals surface area contributed by atoms with Crippen LogP contribution in [0.4, 0.5) is 5.69 Å². The van der Waals surface area contributed by atoms with E-state index in [1.54, 1.807) is 25.1 Å². The van der Waals surface area contributed by atoms with Crippen molar-refractivity contribution in [2.24, 2.45) is 0 Å². The molecule has 2 N–H and O–H groups in total. The number of hydrogen-bond acceptors (Lipinski definition) is 5. The molecule has 1 fully saturated rings. The lowest BCUT2D eigenvalue weighted by Crippen LogP contribution is -2.54. The number of nitrogens with one attached hydrogen (secondary N) is 1. The fourth-order valence-corrected chi connectivity index (χ4v) is 3.77. The number of aromatic hydroxyl groups is 1. The van der Waals surface area contributed by atoms with Crippen LogP contribution in [-0.2, 0) is 16.0 Å². The van der Waals surface area contributed by atoms with Crippen LogP contribution in [0.25, 0.3) is 6.08 Å². The zero-order valence-corrected chi connectivity index (χ0v) is 18.5. The van der Waals surface area contributed by atoms with Gasteiger partial charge in [0, 0.05) is 5.56 Å². The maximum absolute atomic E-state index is 13.3. The summed E-state index contributed by atoms with van der Waals surface area (Å²) in [5.74, 6) is -0.803. The molecule has 1 aliphatic heterocycles. The molecule has 1 heterocycles. The Labute approximate surface area is 186 Å². The lowest BCUT2D eigenvalue weighted by atomic mass is 10.0. The highest BCUT2D eigenvalue weighted by molar-refractivity contribution is 7.80. The van der Waals surface area contributed by atoms with Gasteiger partial charge in [0.25, 0.3) is 11.8 Å². The van der Waals surface area contributed by atoms with E-state index < -0.39 is 11.8 Å². The predicted molar refractivity (Wildman–Crippen MR) is 125 cm³/mol. The zero-order chi connectivity index (χ0) is 22.7. The first kappa shape index (κ1) is 22.2. The number of nitrogens with zero attached hydrogens (tertiary/aromatic N) is 1. The second-order valence-electron chi connectivity index (χ2n) is 7.26. The van der Waals surface area contributed by atoms with Gasteiger partial charge in [-0.05, 0) is 86.4 Å². The van der Waals surface area contributed by atoms with Crippen molar-refractivity contribution < 1.29 is 19.4 Å². The molecule has 6 nitrogen and oxygen atoms in total. The highest BCUT2D eigenvalue weighted by Crippen LogP contribution is 2.34. The van der Waals surface area contributed by atoms with Gasteiger partial charge in [-0.1, -0.05) is 12.1 Å². The third-order valence-electron chi connectivity index (χ3n) is 4.72. The maximum Gasteiger partial charge on any atom is 0.270 e. The standard InChI is InChI=1S/C24H24N2O4S/c1-5-7-17-11-16(13-20(21(17)27)30-6-2)12-19-22(28)25-24(31)26(23(19)29)18-9-14(3)8-15(4)10-18/h5,8-13,27H,1,6-7H2,2-4H3,(H,25,28,31). The van der Waals surface area contributed by atoms with Gasteiger partial charge in [-0.2, -0.15) is 0 Å². The average molecular weight is 437 g/mol. The van der Waals surface area contributed by atoms with Gasteiger partial charge in [0.05, 0.1) is 12.3 Å². The van der Waals surface area contributed by atoms with E-state index in [9.17, 15) is 14.7 Å². The number of rotatable bonds is 6. The van der Waals surface area contributed by atoms with Gasteiger partial charge in [-0.3, -0.25) is 19.8 Å². The Hall–Kier alpha value is -3.45. The maximum atomic E-state index is 13.3. The summed E-state index contributed by atoms with van der Waals surface area (Å²) in [6.45, 7) is 9.72. The van der Waals surface area contributed by atoms with Crippen LogP contribution in [0.15, 0.2) is 48.6 Å². The Morgan fingerprint density at radius 2 is 1.84 bits per heavy atom. The minimum atomic E-state index is -0.577. The van der Waals surface area contributed by atoms with E-state index in [1.807, 2.05) is 32.0 Å².